The predicted molar refractivity (Wildman–Crippen MR) is 150 cm³/mol. The number of aromatic nitrogens is 4. The minimum absolute atomic E-state index is 0.0538. The number of aromatic amines is 1. The Morgan fingerprint density at radius 3 is 2.54 bits per heavy atom. The molecule has 39 heavy (non-hydrogen) atoms. The van der Waals surface area contributed by atoms with E-state index in [0.29, 0.717) is 30.4 Å². The molecule has 0 amide bonds. The zero-order valence-corrected chi connectivity index (χ0v) is 22.4. The quantitative estimate of drug-likeness (QED) is 0.261. The molecule has 1 fully saturated rings. The van der Waals surface area contributed by atoms with Crippen molar-refractivity contribution in [1.82, 2.24) is 19.9 Å². The molecular weight excluding hydrogens is 494 g/mol. The van der Waals surface area contributed by atoms with Crippen LogP contribution in [-0.4, -0.2) is 64.1 Å². The van der Waals surface area contributed by atoms with Gasteiger partial charge in [-0.15, -0.1) is 0 Å². The number of anilines is 1. The molecule has 1 aliphatic rings. The molecule has 1 aromatic carbocycles. The second-order valence-corrected chi connectivity index (χ2v) is 9.81. The Morgan fingerprint density at radius 2 is 1.85 bits per heavy atom. The second-order valence-electron chi connectivity index (χ2n) is 9.81. The number of aryl methyl sites for hydroxylation is 1. The lowest BCUT2D eigenvalue weighted by Crippen LogP contribution is -2.37. The van der Waals surface area contributed by atoms with Gasteiger partial charge in [0.25, 0.3) is 0 Å². The van der Waals surface area contributed by atoms with E-state index in [2.05, 4.69) is 31.4 Å². The van der Waals surface area contributed by atoms with Crippen LogP contribution in [0.2, 0.25) is 0 Å². The first-order valence-electron chi connectivity index (χ1n) is 13.0. The lowest BCUT2D eigenvalue weighted by atomic mass is 9.94. The first-order chi connectivity index (χ1) is 18.8. The van der Waals surface area contributed by atoms with Crippen molar-refractivity contribution in [3.63, 3.8) is 0 Å². The standard InChI is InChI=1S/C30H31N5O4/c1-5-24(36)13-21-12-20(7-6-19(21)4)26-25-14-22(29(37)39-18(2)3)15-31-28(25)34-27(26)23-16-32-30(33-17-23)35-8-10-38-11-9-35/h5-7,12,14-18H,1,8-11,13H2,2-4H3,(H,31,34). The van der Waals surface area contributed by atoms with Gasteiger partial charge >= 0.3 is 5.97 Å². The molecule has 1 N–H and O–H groups in total. The minimum Gasteiger partial charge on any atom is -0.459 e. The van der Waals surface area contributed by atoms with Crippen LogP contribution in [0.15, 0.2) is 55.5 Å². The summed E-state index contributed by atoms with van der Waals surface area (Å²) in [7, 11) is 0. The van der Waals surface area contributed by atoms with Crippen LogP contribution in [0.3, 0.4) is 0 Å². The van der Waals surface area contributed by atoms with E-state index in [1.54, 1.807) is 18.5 Å². The van der Waals surface area contributed by atoms with Crippen LogP contribution in [0.25, 0.3) is 33.4 Å². The van der Waals surface area contributed by atoms with Crippen molar-refractivity contribution in [1.29, 1.82) is 0 Å². The van der Waals surface area contributed by atoms with E-state index in [-0.39, 0.29) is 18.3 Å². The van der Waals surface area contributed by atoms with Crippen LogP contribution in [0, 0.1) is 6.92 Å². The van der Waals surface area contributed by atoms with Gasteiger partial charge < -0.3 is 19.4 Å². The molecule has 0 radical (unpaired) electrons. The van der Waals surface area contributed by atoms with Gasteiger partial charge in [0.05, 0.1) is 30.6 Å². The van der Waals surface area contributed by atoms with Crippen molar-refractivity contribution in [3.8, 4) is 22.4 Å². The number of rotatable bonds is 8. The summed E-state index contributed by atoms with van der Waals surface area (Å²) in [5.41, 5.74) is 6.14. The number of pyridine rings is 1. The van der Waals surface area contributed by atoms with E-state index in [9.17, 15) is 9.59 Å². The van der Waals surface area contributed by atoms with Crippen LogP contribution >= 0.6 is 0 Å². The van der Waals surface area contributed by atoms with E-state index in [1.807, 2.05) is 39.0 Å². The Balaban J connectivity index is 1.64. The minimum atomic E-state index is -0.438. The third-order valence-electron chi connectivity index (χ3n) is 6.68. The van der Waals surface area contributed by atoms with Crippen molar-refractivity contribution in [3.05, 3.63) is 72.2 Å². The average Bonchev–Trinajstić information content (AvgIpc) is 3.33. The molecule has 0 bridgehead atoms. The summed E-state index contributed by atoms with van der Waals surface area (Å²) in [5, 5.41) is 0.755. The molecule has 0 saturated carbocycles. The van der Waals surface area contributed by atoms with Crippen LogP contribution in [-0.2, 0) is 20.7 Å². The maximum absolute atomic E-state index is 12.7. The Morgan fingerprint density at radius 1 is 1.10 bits per heavy atom. The Hall–Kier alpha value is -4.37. The van der Waals surface area contributed by atoms with Gasteiger partial charge in [-0.2, -0.15) is 0 Å². The number of nitrogens with one attached hydrogen (secondary N) is 1. The fraction of sp³-hybridized carbons (Fsp3) is 0.300. The topological polar surface area (TPSA) is 110 Å². The van der Waals surface area contributed by atoms with E-state index >= 15 is 0 Å². The van der Waals surface area contributed by atoms with Gasteiger partial charge in [-0.25, -0.2) is 19.7 Å². The molecule has 1 saturated heterocycles. The molecule has 0 aliphatic carbocycles. The number of allylic oxidation sites excluding steroid dienone is 1. The zero-order valence-electron chi connectivity index (χ0n) is 22.4. The second kappa shape index (κ2) is 11.2. The Bertz CT molecular complexity index is 1540. The number of carbonyl (C=O) groups is 2. The lowest BCUT2D eigenvalue weighted by molar-refractivity contribution is -0.114. The van der Waals surface area contributed by atoms with Gasteiger partial charge in [-0.3, -0.25) is 4.79 Å². The molecule has 1 aliphatic heterocycles. The summed E-state index contributed by atoms with van der Waals surface area (Å²) in [6, 6.07) is 7.79. The zero-order chi connectivity index (χ0) is 27.5. The van der Waals surface area contributed by atoms with E-state index in [0.717, 1.165) is 52.0 Å². The maximum atomic E-state index is 12.7. The molecule has 4 heterocycles. The first kappa shape index (κ1) is 26.2. The summed E-state index contributed by atoms with van der Waals surface area (Å²) >= 11 is 0. The number of hydrogen-bond donors (Lipinski definition) is 1. The van der Waals surface area contributed by atoms with Crippen molar-refractivity contribution in [2.75, 3.05) is 31.2 Å². The number of ether oxygens (including phenoxy) is 2. The van der Waals surface area contributed by atoms with E-state index < -0.39 is 5.97 Å². The van der Waals surface area contributed by atoms with Gasteiger partial charge in [0.2, 0.25) is 5.95 Å². The molecule has 9 heteroatoms. The van der Waals surface area contributed by atoms with Crippen LogP contribution in [0.1, 0.15) is 35.3 Å². The smallest absolute Gasteiger partial charge is 0.339 e. The Kier molecular flexibility index (Phi) is 7.51. The number of hydrogen-bond acceptors (Lipinski definition) is 8. The maximum Gasteiger partial charge on any atom is 0.339 e. The van der Waals surface area contributed by atoms with Crippen molar-refractivity contribution < 1.29 is 19.1 Å². The molecule has 5 rings (SSSR count). The van der Waals surface area contributed by atoms with Crippen LogP contribution in [0.4, 0.5) is 5.95 Å². The summed E-state index contributed by atoms with van der Waals surface area (Å²) in [6.07, 6.45) is 6.43. The highest BCUT2D eigenvalue weighted by Crippen LogP contribution is 2.39. The van der Waals surface area contributed by atoms with Gasteiger partial charge in [0.15, 0.2) is 5.78 Å². The molecule has 0 atom stereocenters. The third kappa shape index (κ3) is 5.58. The molecule has 4 aromatic rings. The number of fused-ring (bicyclic) bond motifs is 1. The summed E-state index contributed by atoms with van der Waals surface area (Å²) in [6.45, 7) is 12.0. The van der Waals surface area contributed by atoms with Crippen molar-refractivity contribution in [2.45, 2.75) is 33.3 Å². The number of nitrogens with zero attached hydrogens (tertiary/aromatic N) is 4. The highest BCUT2D eigenvalue weighted by Gasteiger charge is 2.21. The van der Waals surface area contributed by atoms with Crippen molar-refractivity contribution >= 4 is 28.7 Å². The fourth-order valence-corrected chi connectivity index (χ4v) is 4.63. The number of benzene rings is 1. The number of ketones is 1. The highest BCUT2D eigenvalue weighted by molar-refractivity contribution is 6.05. The molecule has 200 valence electrons. The lowest BCUT2D eigenvalue weighted by Gasteiger charge is -2.26. The summed E-state index contributed by atoms with van der Waals surface area (Å²) in [5.74, 6) is 0.159. The average molecular weight is 526 g/mol. The highest BCUT2D eigenvalue weighted by atomic mass is 16.5. The Labute approximate surface area is 226 Å². The molecule has 3 aromatic heterocycles. The van der Waals surface area contributed by atoms with Gasteiger partial charge in [0.1, 0.15) is 5.65 Å². The van der Waals surface area contributed by atoms with Crippen molar-refractivity contribution in [2.24, 2.45) is 0 Å². The fourth-order valence-electron chi connectivity index (χ4n) is 4.63. The monoisotopic (exact) mass is 525 g/mol. The van der Waals surface area contributed by atoms with Gasteiger partial charge in [0, 0.05) is 54.6 Å². The normalized spacial score (nSPS) is 13.6. The van der Waals surface area contributed by atoms with Crippen LogP contribution in [0.5, 0.6) is 0 Å². The van der Waals surface area contributed by atoms with Gasteiger partial charge in [-0.05, 0) is 49.6 Å². The predicted octanol–water partition coefficient (Wildman–Crippen LogP) is 4.69. The van der Waals surface area contributed by atoms with Gasteiger partial charge in [-0.1, -0.05) is 24.8 Å². The van der Waals surface area contributed by atoms with E-state index in [1.165, 1.54) is 12.3 Å². The number of esters is 1. The SMILES string of the molecule is C=CC(=O)Cc1cc(-c2c(-c3cnc(N4CCOCC4)nc3)[nH]c3ncc(C(=O)OC(C)C)cc23)ccc1C. The number of H-pyrrole nitrogens is 1. The molecule has 0 unspecified atom stereocenters. The molecular formula is C30H31N5O4. The summed E-state index contributed by atoms with van der Waals surface area (Å²) in [4.78, 5) is 44.2. The van der Waals surface area contributed by atoms with Crippen LogP contribution < -0.4 is 4.90 Å². The first-order valence-corrected chi connectivity index (χ1v) is 13.0. The van der Waals surface area contributed by atoms with E-state index in [4.69, 9.17) is 9.47 Å². The third-order valence-corrected chi connectivity index (χ3v) is 6.68. The number of carbonyl (C=O) groups excluding carboxylic acids is 2. The summed E-state index contributed by atoms with van der Waals surface area (Å²) < 4.78 is 10.9. The molecule has 9 nitrogen and oxygen atoms in total. The molecule has 0 spiro atoms. The largest absolute Gasteiger partial charge is 0.459 e. The number of morpholine rings is 1.